The van der Waals surface area contributed by atoms with E-state index < -0.39 is 5.60 Å². The molecule has 0 bridgehead atoms. The highest BCUT2D eigenvalue weighted by molar-refractivity contribution is 5.95. The second-order valence-corrected chi connectivity index (χ2v) is 8.56. The lowest BCUT2D eigenvalue weighted by molar-refractivity contribution is -0.110. The van der Waals surface area contributed by atoms with Crippen LogP contribution in [0.5, 0.6) is 0 Å². The molecule has 1 N–H and O–H groups in total. The van der Waals surface area contributed by atoms with Gasteiger partial charge >= 0.3 is 0 Å². The number of nitrogens with zero attached hydrogens (tertiary/aromatic N) is 1. The standard InChI is InChI=1S/C26H27NO3/c28-25(20-9-6-8-19(18-20)24-14-7-17-30-24)27-16-15-26(29,21-10-2-1-3-11-21)22-12-4-5-13-23(22)27/h1-3,6-11,14,17-18,22-23,29H,4-5,12-13,15-16H2/t22-,23-,26?/m1/s1. The number of furan rings is 1. The molecule has 30 heavy (non-hydrogen) atoms. The first-order valence-corrected chi connectivity index (χ1v) is 10.9. The van der Waals surface area contributed by atoms with Gasteiger partial charge in [0.25, 0.3) is 5.91 Å². The molecule has 2 heterocycles. The largest absolute Gasteiger partial charge is 0.464 e. The van der Waals surface area contributed by atoms with E-state index in [1.165, 1.54) is 0 Å². The van der Waals surface area contributed by atoms with E-state index in [1.807, 2.05) is 71.6 Å². The van der Waals surface area contributed by atoms with Gasteiger partial charge in [-0.05, 0) is 49.1 Å². The summed E-state index contributed by atoms with van der Waals surface area (Å²) in [4.78, 5) is 15.6. The minimum absolute atomic E-state index is 0.0513. The Hall–Kier alpha value is -2.85. The van der Waals surface area contributed by atoms with Gasteiger partial charge in [0.15, 0.2) is 0 Å². The van der Waals surface area contributed by atoms with Gasteiger partial charge in [0.05, 0.1) is 11.9 Å². The maximum absolute atomic E-state index is 13.5. The minimum Gasteiger partial charge on any atom is -0.464 e. The lowest BCUT2D eigenvalue weighted by Gasteiger charge is -2.52. The number of hydrogen-bond acceptors (Lipinski definition) is 3. The van der Waals surface area contributed by atoms with Gasteiger partial charge < -0.3 is 14.4 Å². The Morgan fingerprint density at radius 3 is 2.63 bits per heavy atom. The number of amides is 1. The van der Waals surface area contributed by atoms with Gasteiger partial charge in [0.2, 0.25) is 0 Å². The number of aliphatic hydroxyl groups is 1. The Morgan fingerprint density at radius 2 is 1.83 bits per heavy atom. The third kappa shape index (κ3) is 3.25. The molecule has 2 fully saturated rings. The lowest BCUT2D eigenvalue weighted by Crippen LogP contribution is -2.59. The zero-order valence-electron chi connectivity index (χ0n) is 17.0. The van der Waals surface area contributed by atoms with E-state index in [1.54, 1.807) is 6.26 Å². The van der Waals surface area contributed by atoms with E-state index in [-0.39, 0.29) is 17.9 Å². The Morgan fingerprint density at radius 1 is 1.00 bits per heavy atom. The van der Waals surface area contributed by atoms with E-state index in [0.29, 0.717) is 18.5 Å². The molecule has 1 saturated heterocycles. The van der Waals surface area contributed by atoms with Crippen molar-refractivity contribution in [3.05, 3.63) is 84.1 Å². The smallest absolute Gasteiger partial charge is 0.254 e. The van der Waals surface area contributed by atoms with Gasteiger partial charge in [-0.2, -0.15) is 0 Å². The fraction of sp³-hybridized carbons (Fsp3) is 0.346. The molecule has 1 unspecified atom stereocenters. The van der Waals surface area contributed by atoms with Crippen LogP contribution in [0, 0.1) is 5.92 Å². The molecule has 0 radical (unpaired) electrons. The molecular weight excluding hydrogens is 374 g/mol. The molecule has 1 aliphatic heterocycles. The van der Waals surface area contributed by atoms with E-state index in [4.69, 9.17) is 4.42 Å². The Kier molecular flexibility index (Phi) is 4.95. The zero-order valence-corrected chi connectivity index (χ0v) is 17.0. The van der Waals surface area contributed by atoms with Crippen LogP contribution in [0.4, 0.5) is 0 Å². The summed E-state index contributed by atoms with van der Waals surface area (Å²) in [5, 5.41) is 11.7. The van der Waals surface area contributed by atoms with Gasteiger partial charge in [-0.25, -0.2) is 0 Å². The third-order valence-corrected chi connectivity index (χ3v) is 6.93. The highest BCUT2D eigenvalue weighted by Crippen LogP contribution is 2.47. The normalized spacial score (nSPS) is 26.2. The van der Waals surface area contributed by atoms with Crippen LogP contribution in [0.25, 0.3) is 11.3 Å². The summed E-state index contributed by atoms with van der Waals surface area (Å²) in [7, 11) is 0. The van der Waals surface area contributed by atoms with Gasteiger partial charge in [0, 0.05) is 29.6 Å². The molecule has 4 nitrogen and oxygen atoms in total. The predicted octanol–water partition coefficient (Wildman–Crippen LogP) is 5.24. The molecule has 1 aliphatic carbocycles. The first-order chi connectivity index (χ1) is 14.7. The summed E-state index contributed by atoms with van der Waals surface area (Å²) in [6.07, 6.45) is 6.32. The molecule has 2 aromatic carbocycles. The second-order valence-electron chi connectivity index (χ2n) is 8.56. The van der Waals surface area contributed by atoms with Crippen LogP contribution in [0.3, 0.4) is 0 Å². The number of hydrogen-bond donors (Lipinski definition) is 1. The number of rotatable bonds is 3. The fourth-order valence-corrected chi connectivity index (χ4v) is 5.43. The van der Waals surface area contributed by atoms with Crippen molar-refractivity contribution in [3.8, 4) is 11.3 Å². The van der Waals surface area contributed by atoms with Gasteiger partial charge in [0.1, 0.15) is 5.76 Å². The number of likely N-dealkylation sites (tertiary alicyclic amines) is 1. The topological polar surface area (TPSA) is 53.7 Å². The fourth-order valence-electron chi connectivity index (χ4n) is 5.43. The summed E-state index contributed by atoms with van der Waals surface area (Å²) in [6.45, 7) is 0.566. The quantitative estimate of drug-likeness (QED) is 0.653. The van der Waals surface area contributed by atoms with Crippen molar-refractivity contribution in [2.24, 2.45) is 5.92 Å². The van der Waals surface area contributed by atoms with E-state index >= 15 is 0 Å². The van der Waals surface area contributed by atoms with Crippen molar-refractivity contribution in [1.82, 2.24) is 4.90 Å². The minimum atomic E-state index is -0.862. The van der Waals surface area contributed by atoms with Crippen LogP contribution >= 0.6 is 0 Å². The van der Waals surface area contributed by atoms with Crippen molar-refractivity contribution in [2.45, 2.75) is 43.7 Å². The molecule has 3 aromatic rings. The summed E-state index contributed by atoms with van der Waals surface area (Å²) in [5.41, 5.74) is 1.70. The number of carbonyl (C=O) groups excluding carboxylic acids is 1. The average Bonchev–Trinajstić information content (AvgIpc) is 3.35. The van der Waals surface area contributed by atoms with Crippen LogP contribution in [0.2, 0.25) is 0 Å². The van der Waals surface area contributed by atoms with Crippen LogP contribution in [0.15, 0.2) is 77.4 Å². The molecule has 154 valence electrons. The monoisotopic (exact) mass is 401 g/mol. The maximum Gasteiger partial charge on any atom is 0.254 e. The zero-order chi connectivity index (χ0) is 20.6. The van der Waals surface area contributed by atoms with Gasteiger partial charge in [-0.1, -0.05) is 55.3 Å². The van der Waals surface area contributed by atoms with Gasteiger partial charge in [-0.3, -0.25) is 4.79 Å². The van der Waals surface area contributed by atoms with Crippen LogP contribution < -0.4 is 0 Å². The van der Waals surface area contributed by atoms with Crippen LogP contribution in [0.1, 0.15) is 48.0 Å². The molecular formula is C26H27NO3. The SMILES string of the molecule is O=C(c1cccc(-c2ccco2)c1)N1CCC(O)(c2ccccc2)[C@@H]2CCCC[C@H]21. The Labute approximate surface area is 177 Å². The van der Waals surface area contributed by atoms with Crippen molar-refractivity contribution in [2.75, 3.05) is 6.54 Å². The summed E-state index contributed by atoms with van der Waals surface area (Å²) in [5.74, 6) is 0.882. The molecule has 3 atom stereocenters. The molecule has 4 heteroatoms. The van der Waals surface area contributed by atoms with Crippen LogP contribution in [-0.2, 0) is 5.60 Å². The number of fused-ring (bicyclic) bond motifs is 1. The van der Waals surface area contributed by atoms with E-state index in [2.05, 4.69) is 0 Å². The Balaban J connectivity index is 1.45. The van der Waals surface area contributed by atoms with Crippen LogP contribution in [-0.4, -0.2) is 28.5 Å². The first kappa shape index (κ1) is 19.1. The highest BCUT2D eigenvalue weighted by atomic mass is 16.3. The van der Waals surface area contributed by atoms with Crippen molar-refractivity contribution in [3.63, 3.8) is 0 Å². The van der Waals surface area contributed by atoms with Gasteiger partial charge in [-0.15, -0.1) is 0 Å². The maximum atomic E-state index is 13.5. The number of piperidine rings is 1. The van der Waals surface area contributed by atoms with Crippen molar-refractivity contribution < 1.29 is 14.3 Å². The molecule has 1 amide bonds. The molecule has 2 aliphatic rings. The molecule has 1 saturated carbocycles. The summed E-state index contributed by atoms with van der Waals surface area (Å²) < 4.78 is 5.50. The lowest BCUT2D eigenvalue weighted by atomic mass is 9.66. The van der Waals surface area contributed by atoms with E-state index in [9.17, 15) is 9.90 Å². The average molecular weight is 402 g/mol. The number of benzene rings is 2. The summed E-state index contributed by atoms with van der Waals surface area (Å²) in [6, 6.07) is 21.5. The highest BCUT2D eigenvalue weighted by Gasteiger charge is 2.50. The third-order valence-electron chi connectivity index (χ3n) is 6.93. The van der Waals surface area contributed by atoms with Crippen molar-refractivity contribution >= 4 is 5.91 Å². The molecule has 5 rings (SSSR count). The first-order valence-electron chi connectivity index (χ1n) is 10.9. The van der Waals surface area contributed by atoms with E-state index in [0.717, 1.165) is 42.6 Å². The molecule has 1 aromatic heterocycles. The second kappa shape index (κ2) is 7.77. The number of carbonyl (C=O) groups is 1. The summed E-state index contributed by atoms with van der Waals surface area (Å²) >= 11 is 0. The van der Waals surface area contributed by atoms with Crippen molar-refractivity contribution in [1.29, 1.82) is 0 Å². The molecule has 0 spiro atoms. The Bertz CT molecular complexity index is 1010. The predicted molar refractivity (Wildman–Crippen MR) is 116 cm³/mol.